The molecule has 3 aromatic rings. The maximum atomic E-state index is 5.69. The van der Waals surface area contributed by atoms with Crippen molar-refractivity contribution in [3.05, 3.63) is 30.3 Å². The van der Waals surface area contributed by atoms with Gasteiger partial charge in [-0.15, -0.1) is 0 Å². The minimum absolute atomic E-state index is 0.235. The fourth-order valence-electron chi connectivity index (χ4n) is 2.97. The van der Waals surface area contributed by atoms with E-state index in [1.165, 1.54) is 23.9 Å². The molecule has 1 saturated heterocycles. The largest absolute Gasteiger partial charge is 0.424 e. The number of nitrogen functional groups attached to an aromatic ring is 1. The van der Waals surface area contributed by atoms with E-state index >= 15 is 0 Å². The zero-order chi connectivity index (χ0) is 12.8. The van der Waals surface area contributed by atoms with E-state index in [1.807, 2.05) is 6.07 Å². The molecule has 19 heavy (non-hydrogen) atoms. The van der Waals surface area contributed by atoms with Gasteiger partial charge in [-0.2, -0.15) is 4.98 Å². The van der Waals surface area contributed by atoms with Gasteiger partial charge in [0.05, 0.1) is 0 Å². The molecule has 2 aromatic carbocycles. The van der Waals surface area contributed by atoms with Crippen LogP contribution in [0.25, 0.3) is 21.9 Å². The summed E-state index contributed by atoms with van der Waals surface area (Å²) in [7, 11) is 0. The predicted octanol–water partition coefficient (Wildman–Crippen LogP) is 3.16. The van der Waals surface area contributed by atoms with E-state index in [0.29, 0.717) is 0 Å². The Hall–Kier alpha value is -2.23. The number of hydrogen-bond donors (Lipinski definition) is 1. The summed E-state index contributed by atoms with van der Waals surface area (Å²) >= 11 is 0. The van der Waals surface area contributed by atoms with Crippen molar-refractivity contribution >= 4 is 33.6 Å². The van der Waals surface area contributed by atoms with Gasteiger partial charge in [-0.3, -0.25) is 0 Å². The van der Waals surface area contributed by atoms with Gasteiger partial charge < -0.3 is 15.1 Å². The predicted molar refractivity (Wildman–Crippen MR) is 77.4 cm³/mol. The number of nitrogens with two attached hydrogens (primary N) is 1. The van der Waals surface area contributed by atoms with Crippen LogP contribution in [0, 0.1) is 0 Å². The van der Waals surface area contributed by atoms with Gasteiger partial charge in [-0.05, 0) is 12.8 Å². The molecule has 0 bridgehead atoms. The molecule has 4 rings (SSSR count). The molecular weight excluding hydrogens is 238 g/mol. The zero-order valence-corrected chi connectivity index (χ0v) is 10.6. The van der Waals surface area contributed by atoms with Crippen LogP contribution >= 0.6 is 0 Å². The lowest BCUT2D eigenvalue weighted by atomic mass is 10.1. The highest BCUT2D eigenvalue weighted by atomic mass is 16.4. The van der Waals surface area contributed by atoms with Crippen LogP contribution in [0.2, 0.25) is 0 Å². The first-order chi connectivity index (χ1) is 9.33. The molecule has 0 spiro atoms. The van der Waals surface area contributed by atoms with Gasteiger partial charge in [0.2, 0.25) is 0 Å². The number of oxazole rings is 1. The van der Waals surface area contributed by atoms with Gasteiger partial charge >= 0.3 is 0 Å². The van der Waals surface area contributed by atoms with Crippen LogP contribution in [-0.4, -0.2) is 18.1 Å². The maximum absolute atomic E-state index is 5.69. The Morgan fingerprint density at radius 3 is 2.63 bits per heavy atom. The molecule has 96 valence electrons. The third-order valence-corrected chi connectivity index (χ3v) is 3.84. The van der Waals surface area contributed by atoms with Crippen molar-refractivity contribution in [2.24, 2.45) is 0 Å². The van der Waals surface area contributed by atoms with Crippen LogP contribution in [0.5, 0.6) is 0 Å². The molecule has 0 unspecified atom stereocenters. The van der Waals surface area contributed by atoms with Gasteiger partial charge in [0.25, 0.3) is 6.01 Å². The molecule has 4 heteroatoms. The Morgan fingerprint density at radius 1 is 1.11 bits per heavy atom. The van der Waals surface area contributed by atoms with Crippen molar-refractivity contribution in [1.82, 2.24) is 4.98 Å². The number of nitrogens with zero attached hydrogens (tertiary/aromatic N) is 2. The molecule has 1 aliphatic heterocycles. The SMILES string of the molecule is Nc1nc2c(cc(N3CCCC3)c3ccccc32)o1. The van der Waals surface area contributed by atoms with Gasteiger partial charge in [-0.25, -0.2) is 0 Å². The Kier molecular flexibility index (Phi) is 2.18. The molecule has 0 atom stereocenters. The van der Waals surface area contributed by atoms with E-state index in [9.17, 15) is 0 Å². The van der Waals surface area contributed by atoms with Crippen LogP contribution in [0.3, 0.4) is 0 Å². The highest BCUT2D eigenvalue weighted by Crippen LogP contribution is 2.35. The summed E-state index contributed by atoms with van der Waals surface area (Å²) in [5.41, 5.74) is 8.56. The Bertz CT molecular complexity index is 757. The second kappa shape index (κ2) is 3.88. The maximum Gasteiger partial charge on any atom is 0.293 e. The first-order valence-electron chi connectivity index (χ1n) is 6.65. The monoisotopic (exact) mass is 253 g/mol. The van der Waals surface area contributed by atoms with Crippen molar-refractivity contribution in [2.75, 3.05) is 23.7 Å². The first-order valence-corrected chi connectivity index (χ1v) is 6.65. The second-order valence-electron chi connectivity index (χ2n) is 5.03. The molecular formula is C15H15N3O. The number of aromatic nitrogens is 1. The number of hydrogen-bond acceptors (Lipinski definition) is 4. The third-order valence-electron chi connectivity index (χ3n) is 3.84. The van der Waals surface area contributed by atoms with Crippen LogP contribution < -0.4 is 10.6 Å². The number of anilines is 2. The lowest BCUT2D eigenvalue weighted by Gasteiger charge is -2.19. The zero-order valence-electron chi connectivity index (χ0n) is 10.6. The first kappa shape index (κ1) is 10.7. The number of rotatable bonds is 1. The van der Waals surface area contributed by atoms with Crippen molar-refractivity contribution in [3.8, 4) is 0 Å². The van der Waals surface area contributed by atoms with E-state index in [1.54, 1.807) is 0 Å². The van der Waals surface area contributed by atoms with Crippen molar-refractivity contribution in [2.45, 2.75) is 12.8 Å². The molecule has 2 N–H and O–H groups in total. The average molecular weight is 253 g/mol. The number of fused-ring (bicyclic) bond motifs is 3. The summed E-state index contributed by atoms with van der Waals surface area (Å²) in [4.78, 5) is 6.72. The van der Waals surface area contributed by atoms with E-state index < -0.39 is 0 Å². The topological polar surface area (TPSA) is 55.3 Å². The molecule has 1 aromatic heterocycles. The van der Waals surface area contributed by atoms with Crippen LogP contribution in [-0.2, 0) is 0 Å². The smallest absolute Gasteiger partial charge is 0.293 e. The minimum atomic E-state index is 0.235. The molecule has 1 aliphatic rings. The molecule has 4 nitrogen and oxygen atoms in total. The van der Waals surface area contributed by atoms with Gasteiger partial charge in [0.15, 0.2) is 5.58 Å². The summed E-state index contributed by atoms with van der Waals surface area (Å²) in [5, 5.41) is 2.34. The van der Waals surface area contributed by atoms with Crippen LogP contribution in [0.4, 0.5) is 11.7 Å². The van der Waals surface area contributed by atoms with Gasteiger partial charge in [-0.1, -0.05) is 24.3 Å². The standard InChI is InChI=1S/C15H15N3O/c16-15-17-14-11-6-2-1-5-10(11)12(9-13(14)19-15)18-7-3-4-8-18/h1-2,5-6,9H,3-4,7-8H2,(H2,16,17). The van der Waals surface area contributed by atoms with Gasteiger partial charge in [0, 0.05) is 35.6 Å². The molecule has 1 fully saturated rings. The molecule has 0 saturated carbocycles. The molecule has 0 aliphatic carbocycles. The highest BCUT2D eigenvalue weighted by molar-refractivity contribution is 6.10. The summed E-state index contributed by atoms with van der Waals surface area (Å²) in [6, 6.07) is 10.6. The van der Waals surface area contributed by atoms with Crippen LogP contribution in [0.1, 0.15) is 12.8 Å². The van der Waals surface area contributed by atoms with Gasteiger partial charge in [0.1, 0.15) is 5.52 Å². The lowest BCUT2D eigenvalue weighted by molar-refractivity contribution is 0.626. The fourth-order valence-corrected chi connectivity index (χ4v) is 2.97. The Labute approximate surface area is 110 Å². The third kappa shape index (κ3) is 1.56. The van der Waals surface area contributed by atoms with E-state index in [4.69, 9.17) is 10.2 Å². The summed E-state index contributed by atoms with van der Waals surface area (Å²) in [6.45, 7) is 2.22. The second-order valence-corrected chi connectivity index (χ2v) is 5.03. The minimum Gasteiger partial charge on any atom is -0.424 e. The average Bonchev–Trinajstić information content (AvgIpc) is 3.05. The normalized spacial score (nSPS) is 15.7. The Balaban J connectivity index is 2.08. The fraction of sp³-hybridized carbons (Fsp3) is 0.267. The van der Waals surface area contributed by atoms with Crippen molar-refractivity contribution in [3.63, 3.8) is 0 Å². The molecule has 0 amide bonds. The quantitative estimate of drug-likeness (QED) is 0.723. The lowest BCUT2D eigenvalue weighted by Crippen LogP contribution is -2.17. The van der Waals surface area contributed by atoms with E-state index in [-0.39, 0.29) is 6.01 Å². The van der Waals surface area contributed by atoms with E-state index in [2.05, 4.69) is 34.1 Å². The van der Waals surface area contributed by atoms with Crippen LogP contribution in [0.15, 0.2) is 34.7 Å². The van der Waals surface area contributed by atoms with Crippen molar-refractivity contribution < 1.29 is 4.42 Å². The highest BCUT2D eigenvalue weighted by Gasteiger charge is 2.18. The summed E-state index contributed by atoms with van der Waals surface area (Å²) < 4.78 is 5.52. The summed E-state index contributed by atoms with van der Waals surface area (Å²) in [6.07, 6.45) is 2.51. The number of benzene rings is 2. The van der Waals surface area contributed by atoms with Crippen molar-refractivity contribution in [1.29, 1.82) is 0 Å². The summed E-state index contributed by atoms with van der Waals surface area (Å²) in [5.74, 6) is 0. The van der Waals surface area contributed by atoms with E-state index in [0.717, 1.165) is 29.6 Å². The molecule has 0 radical (unpaired) electrons. The Morgan fingerprint density at radius 2 is 1.84 bits per heavy atom. The molecule has 2 heterocycles.